The SMILES string of the molecule is CS(=O)(=O)CCCOCc1ccc(C(=O)O)cc1. The lowest BCUT2D eigenvalue weighted by Gasteiger charge is -2.04. The van der Waals surface area contributed by atoms with Gasteiger partial charge in [-0.1, -0.05) is 12.1 Å². The van der Waals surface area contributed by atoms with E-state index in [1.807, 2.05) is 0 Å². The van der Waals surface area contributed by atoms with Gasteiger partial charge in [-0.2, -0.15) is 0 Å². The van der Waals surface area contributed by atoms with Crippen LogP contribution in [0, 0.1) is 0 Å². The Morgan fingerprint density at radius 3 is 2.39 bits per heavy atom. The summed E-state index contributed by atoms with van der Waals surface area (Å²) in [6.45, 7) is 0.720. The Hall–Kier alpha value is -1.40. The molecule has 0 amide bonds. The molecule has 0 radical (unpaired) electrons. The average Bonchev–Trinajstić information content (AvgIpc) is 2.27. The number of rotatable bonds is 7. The van der Waals surface area contributed by atoms with E-state index in [9.17, 15) is 13.2 Å². The fourth-order valence-electron chi connectivity index (χ4n) is 1.36. The molecule has 0 unspecified atom stereocenters. The first-order valence-electron chi connectivity index (χ1n) is 5.46. The Balaban J connectivity index is 2.29. The molecule has 0 saturated heterocycles. The molecular formula is C12H16O5S. The molecular weight excluding hydrogens is 256 g/mol. The summed E-state index contributed by atoms with van der Waals surface area (Å²) in [4.78, 5) is 10.6. The number of carboxylic acids is 1. The molecule has 0 aliphatic carbocycles. The van der Waals surface area contributed by atoms with Crippen molar-refractivity contribution >= 4 is 15.8 Å². The van der Waals surface area contributed by atoms with Crippen LogP contribution >= 0.6 is 0 Å². The lowest BCUT2D eigenvalue weighted by atomic mass is 10.1. The minimum absolute atomic E-state index is 0.116. The molecule has 0 fully saturated rings. The smallest absolute Gasteiger partial charge is 0.335 e. The molecule has 1 aromatic rings. The highest BCUT2D eigenvalue weighted by atomic mass is 32.2. The number of benzene rings is 1. The summed E-state index contributed by atoms with van der Waals surface area (Å²) >= 11 is 0. The number of ether oxygens (including phenoxy) is 1. The first kappa shape index (κ1) is 14.7. The summed E-state index contributed by atoms with van der Waals surface area (Å²) in [6, 6.07) is 6.38. The van der Waals surface area contributed by atoms with Gasteiger partial charge in [0.25, 0.3) is 0 Å². The van der Waals surface area contributed by atoms with Gasteiger partial charge < -0.3 is 9.84 Å². The van der Waals surface area contributed by atoms with Gasteiger partial charge >= 0.3 is 5.97 Å². The van der Waals surface area contributed by atoms with E-state index in [1.165, 1.54) is 18.4 Å². The lowest BCUT2D eigenvalue weighted by molar-refractivity contribution is 0.0696. The van der Waals surface area contributed by atoms with E-state index < -0.39 is 15.8 Å². The monoisotopic (exact) mass is 272 g/mol. The highest BCUT2D eigenvalue weighted by Gasteiger charge is 2.03. The Kier molecular flexibility index (Phi) is 5.30. The maximum absolute atomic E-state index is 10.9. The largest absolute Gasteiger partial charge is 0.478 e. The Labute approximate surface area is 106 Å². The highest BCUT2D eigenvalue weighted by molar-refractivity contribution is 7.90. The van der Waals surface area contributed by atoms with Crippen LogP contribution in [0.5, 0.6) is 0 Å². The number of aromatic carboxylic acids is 1. The van der Waals surface area contributed by atoms with Crippen LogP contribution in [0.4, 0.5) is 0 Å². The molecule has 1 N–H and O–H groups in total. The second-order valence-electron chi connectivity index (χ2n) is 4.04. The summed E-state index contributed by atoms with van der Waals surface area (Å²) in [5, 5.41) is 8.71. The Bertz CT molecular complexity index is 490. The predicted octanol–water partition coefficient (Wildman–Crippen LogP) is 1.34. The fraction of sp³-hybridized carbons (Fsp3) is 0.417. The van der Waals surface area contributed by atoms with Gasteiger partial charge in [-0.05, 0) is 24.1 Å². The van der Waals surface area contributed by atoms with E-state index in [-0.39, 0.29) is 11.3 Å². The highest BCUT2D eigenvalue weighted by Crippen LogP contribution is 2.06. The van der Waals surface area contributed by atoms with Gasteiger partial charge in [0, 0.05) is 12.9 Å². The third-order valence-corrected chi connectivity index (χ3v) is 3.30. The normalized spacial score (nSPS) is 11.4. The minimum atomic E-state index is -2.93. The van der Waals surface area contributed by atoms with Gasteiger partial charge in [0.15, 0.2) is 0 Å². The third-order valence-electron chi connectivity index (χ3n) is 2.27. The summed E-state index contributed by atoms with van der Waals surface area (Å²) in [6.07, 6.45) is 1.66. The molecule has 0 saturated carbocycles. The zero-order valence-corrected chi connectivity index (χ0v) is 10.9. The van der Waals surface area contributed by atoms with Crippen molar-refractivity contribution in [2.75, 3.05) is 18.6 Å². The fourth-order valence-corrected chi connectivity index (χ4v) is 2.00. The van der Waals surface area contributed by atoms with Crippen molar-refractivity contribution in [1.29, 1.82) is 0 Å². The topological polar surface area (TPSA) is 80.7 Å². The van der Waals surface area contributed by atoms with E-state index in [2.05, 4.69) is 0 Å². The Morgan fingerprint density at radius 1 is 1.28 bits per heavy atom. The zero-order valence-electron chi connectivity index (χ0n) is 10.1. The van der Waals surface area contributed by atoms with Gasteiger partial charge in [-0.3, -0.25) is 0 Å². The molecule has 18 heavy (non-hydrogen) atoms. The van der Waals surface area contributed by atoms with Gasteiger partial charge in [-0.15, -0.1) is 0 Å². The van der Waals surface area contributed by atoms with E-state index in [4.69, 9.17) is 9.84 Å². The van der Waals surface area contributed by atoms with Crippen molar-refractivity contribution in [2.45, 2.75) is 13.0 Å². The van der Waals surface area contributed by atoms with Crippen LogP contribution in [-0.4, -0.2) is 38.1 Å². The van der Waals surface area contributed by atoms with Crippen molar-refractivity contribution in [1.82, 2.24) is 0 Å². The Morgan fingerprint density at radius 2 is 1.89 bits per heavy atom. The number of carboxylic acid groups (broad SMARTS) is 1. The molecule has 5 nitrogen and oxygen atoms in total. The van der Waals surface area contributed by atoms with Crippen molar-refractivity contribution in [3.05, 3.63) is 35.4 Å². The first-order chi connectivity index (χ1) is 8.38. The van der Waals surface area contributed by atoms with Gasteiger partial charge in [0.05, 0.1) is 17.9 Å². The summed E-state index contributed by atoms with van der Waals surface area (Å²) in [7, 11) is -2.93. The third kappa shape index (κ3) is 5.79. The molecule has 1 rings (SSSR count). The second kappa shape index (κ2) is 6.51. The van der Waals surface area contributed by atoms with Crippen LogP contribution < -0.4 is 0 Å². The van der Waals surface area contributed by atoms with E-state index in [0.29, 0.717) is 19.6 Å². The molecule has 6 heteroatoms. The van der Waals surface area contributed by atoms with E-state index >= 15 is 0 Å². The molecule has 100 valence electrons. The van der Waals surface area contributed by atoms with Crippen LogP contribution in [0.2, 0.25) is 0 Å². The maximum atomic E-state index is 10.9. The van der Waals surface area contributed by atoms with Crippen LogP contribution in [0.15, 0.2) is 24.3 Å². The van der Waals surface area contributed by atoms with Crippen LogP contribution in [0.25, 0.3) is 0 Å². The van der Waals surface area contributed by atoms with Crippen LogP contribution in [-0.2, 0) is 21.2 Å². The number of carbonyl (C=O) groups is 1. The molecule has 0 spiro atoms. The second-order valence-corrected chi connectivity index (χ2v) is 6.30. The maximum Gasteiger partial charge on any atom is 0.335 e. The number of hydrogen-bond donors (Lipinski definition) is 1. The van der Waals surface area contributed by atoms with Crippen molar-refractivity contribution in [3.8, 4) is 0 Å². The summed E-state index contributed by atoms with van der Waals surface area (Å²) in [5.41, 5.74) is 1.09. The average molecular weight is 272 g/mol. The summed E-state index contributed by atoms with van der Waals surface area (Å²) in [5.74, 6) is -0.846. The quantitative estimate of drug-likeness (QED) is 0.757. The molecule has 0 aliphatic heterocycles. The van der Waals surface area contributed by atoms with Crippen LogP contribution in [0.3, 0.4) is 0 Å². The summed E-state index contributed by atoms with van der Waals surface area (Å²) < 4.78 is 27.0. The standard InChI is InChI=1S/C12H16O5S/c1-18(15,16)8-2-7-17-9-10-3-5-11(6-4-10)12(13)14/h3-6H,2,7-9H2,1H3,(H,13,14). The first-order valence-corrected chi connectivity index (χ1v) is 7.52. The van der Waals surface area contributed by atoms with E-state index in [0.717, 1.165) is 5.56 Å². The lowest BCUT2D eigenvalue weighted by Crippen LogP contribution is -2.06. The van der Waals surface area contributed by atoms with Crippen LogP contribution in [0.1, 0.15) is 22.3 Å². The van der Waals surface area contributed by atoms with Gasteiger partial charge in [-0.25, -0.2) is 13.2 Å². The molecule has 0 bridgehead atoms. The molecule has 1 aromatic carbocycles. The van der Waals surface area contributed by atoms with Crippen molar-refractivity contribution in [2.24, 2.45) is 0 Å². The minimum Gasteiger partial charge on any atom is -0.478 e. The van der Waals surface area contributed by atoms with Gasteiger partial charge in [0.2, 0.25) is 0 Å². The molecule has 0 heterocycles. The van der Waals surface area contributed by atoms with E-state index in [1.54, 1.807) is 12.1 Å². The molecule has 0 aliphatic rings. The molecule has 0 atom stereocenters. The van der Waals surface area contributed by atoms with Gasteiger partial charge in [0.1, 0.15) is 9.84 Å². The van der Waals surface area contributed by atoms with Crippen molar-refractivity contribution in [3.63, 3.8) is 0 Å². The molecule has 0 aromatic heterocycles. The van der Waals surface area contributed by atoms with Crippen molar-refractivity contribution < 1.29 is 23.1 Å². The number of sulfone groups is 1. The predicted molar refractivity (Wildman–Crippen MR) is 67.4 cm³/mol. The zero-order chi connectivity index (χ0) is 13.6. The number of hydrogen-bond acceptors (Lipinski definition) is 4.